The number of hydrogen-bond acceptors (Lipinski definition) is 5. The molecule has 1 aromatic rings. The molecule has 0 amide bonds. The summed E-state index contributed by atoms with van der Waals surface area (Å²) in [6.45, 7) is 8.22. The topological polar surface area (TPSA) is 58.1 Å². The van der Waals surface area contributed by atoms with E-state index in [0.717, 1.165) is 24.7 Å². The minimum atomic E-state index is 0.176. The van der Waals surface area contributed by atoms with Crippen LogP contribution in [0.3, 0.4) is 0 Å². The lowest BCUT2D eigenvalue weighted by atomic mass is 10.3. The third-order valence-electron chi connectivity index (χ3n) is 2.52. The van der Waals surface area contributed by atoms with E-state index in [1.807, 2.05) is 6.07 Å². The zero-order valence-corrected chi connectivity index (χ0v) is 10.7. The molecule has 1 aromatic heterocycles. The first-order valence-corrected chi connectivity index (χ1v) is 5.97. The zero-order valence-electron chi connectivity index (χ0n) is 10.7. The van der Waals surface area contributed by atoms with Gasteiger partial charge in [-0.15, -0.1) is 0 Å². The number of nitrogens with one attached hydrogen (secondary N) is 1. The predicted octanol–water partition coefficient (Wildman–Crippen LogP) is 1.71. The van der Waals surface area contributed by atoms with Crippen molar-refractivity contribution in [2.24, 2.45) is 0 Å². The Morgan fingerprint density at radius 3 is 2.65 bits per heavy atom. The molecule has 0 fully saturated rings. The number of carbonyl (C=O) groups excluding carboxylic acids is 1. The van der Waals surface area contributed by atoms with E-state index in [1.54, 1.807) is 13.3 Å². The molecule has 0 aromatic carbocycles. The monoisotopic (exact) mass is 236 g/mol. The largest absolute Gasteiger partial charge is 0.369 e. The SMILES string of the molecule is CCN(CC)c1cc(NCCC(C)=O)ncn1. The second-order valence-corrected chi connectivity index (χ2v) is 3.81. The average Bonchev–Trinajstić information content (AvgIpc) is 2.31. The summed E-state index contributed by atoms with van der Waals surface area (Å²) in [7, 11) is 0. The van der Waals surface area contributed by atoms with E-state index in [0.29, 0.717) is 13.0 Å². The summed E-state index contributed by atoms with van der Waals surface area (Å²) in [6, 6.07) is 1.91. The Hall–Kier alpha value is -1.65. The van der Waals surface area contributed by atoms with Gasteiger partial charge in [0.05, 0.1) is 0 Å². The number of carbonyl (C=O) groups is 1. The molecule has 0 aliphatic heterocycles. The summed E-state index contributed by atoms with van der Waals surface area (Å²) < 4.78 is 0. The lowest BCUT2D eigenvalue weighted by Crippen LogP contribution is -2.23. The number of hydrogen-bond donors (Lipinski definition) is 1. The van der Waals surface area contributed by atoms with Crippen LogP contribution in [0.2, 0.25) is 0 Å². The first kappa shape index (κ1) is 13.4. The Bertz CT molecular complexity index is 363. The smallest absolute Gasteiger partial charge is 0.134 e. The summed E-state index contributed by atoms with van der Waals surface area (Å²) in [5.74, 6) is 1.86. The van der Waals surface area contributed by atoms with Crippen molar-refractivity contribution in [2.75, 3.05) is 29.9 Å². The number of aromatic nitrogens is 2. The number of nitrogens with zero attached hydrogens (tertiary/aromatic N) is 3. The molecule has 0 aliphatic carbocycles. The van der Waals surface area contributed by atoms with Gasteiger partial charge in [-0.05, 0) is 20.8 Å². The quantitative estimate of drug-likeness (QED) is 0.781. The molecule has 0 saturated heterocycles. The molecule has 0 bridgehead atoms. The third-order valence-corrected chi connectivity index (χ3v) is 2.52. The van der Waals surface area contributed by atoms with Gasteiger partial charge < -0.3 is 10.2 Å². The third kappa shape index (κ3) is 4.38. The molecule has 0 aliphatic rings. The van der Waals surface area contributed by atoms with Crippen molar-refractivity contribution in [1.29, 1.82) is 0 Å². The molecule has 1 N–H and O–H groups in total. The van der Waals surface area contributed by atoms with E-state index in [4.69, 9.17) is 0 Å². The molecule has 1 rings (SSSR count). The second kappa shape index (κ2) is 6.83. The number of rotatable bonds is 7. The van der Waals surface area contributed by atoms with Crippen LogP contribution in [0.15, 0.2) is 12.4 Å². The predicted molar refractivity (Wildman–Crippen MR) is 69.4 cm³/mol. The summed E-state index contributed by atoms with van der Waals surface area (Å²) in [5, 5.41) is 3.12. The fourth-order valence-electron chi connectivity index (χ4n) is 1.53. The van der Waals surface area contributed by atoms with E-state index in [2.05, 4.69) is 34.0 Å². The van der Waals surface area contributed by atoms with Crippen molar-refractivity contribution in [3.63, 3.8) is 0 Å². The standard InChI is InChI=1S/C12H20N4O/c1-4-16(5-2)12-8-11(14-9-15-12)13-7-6-10(3)17/h8-9H,4-7H2,1-3H3,(H,13,14,15). The van der Waals surface area contributed by atoms with Crippen LogP contribution in [0.25, 0.3) is 0 Å². The fourth-order valence-corrected chi connectivity index (χ4v) is 1.53. The van der Waals surface area contributed by atoms with Crippen molar-refractivity contribution in [2.45, 2.75) is 27.2 Å². The van der Waals surface area contributed by atoms with Crippen LogP contribution in [0, 0.1) is 0 Å². The van der Waals surface area contributed by atoms with Crippen LogP contribution in [0.5, 0.6) is 0 Å². The maximum atomic E-state index is 10.8. The number of anilines is 2. The summed E-state index contributed by atoms with van der Waals surface area (Å²) in [4.78, 5) is 21.3. The molecule has 94 valence electrons. The second-order valence-electron chi connectivity index (χ2n) is 3.81. The normalized spacial score (nSPS) is 10.1. The van der Waals surface area contributed by atoms with Crippen LogP contribution in [-0.2, 0) is 4.79 Å². The Labute approximate surface area is 102 Å². The molecule has 0 atom stereocenters. The van der Waals surface area contributed by atoms with Gasteiger partial charge in [-0.25, -0.2) is 9.97 Å². The van der Waals surface area contributed by atoms with Crippen LogP contribution in [0.4, 0.5) is 11.6 Å². The average molecular weight is 236 g/mol. The van der Waals surface area contributed by atoms with Gasteiger partial charge in [0.15, 0.2) is 0 Å². The van der Waals surface area contributed by atoms with Gasteiger partial charge in [-0.3, -0.25) is 4.79 Å². The summed E-state index contributed by atoms with van der Waals surface area (Å²) in [6.07, 6.45) is 2.06. The highest BCUT2D eigenvalue weighted by atomic mass is 16.1. The van der Waals surface area contributed by atoms with E-state index >= 15 is 0 Å². The van der Waals surface area contributed by atoms with E-state index in [1.165, 1.54) is 0 Å². The van der Waals surface area contributed by atoms with Gasteiger partial charge in [0.25, 0.3) is 0 Å². The first-order valence-electron chi connectivity index (χ1n) is 5.97. The minimum absolute atomic E-state index is 0.176. The molecule has 17 heavy (non-hydrogen) atoms. The first-order chi connectivity index (χ1) is 8.17. The van der Waals surface area contributed by atoms with Gasteiger partial charge in [-0.1, -0.05) is 0 Å². The number of Topliss-reactive ketones (excluding diaryl/α,β-unsaturated/α-hetero) is 1. The lowest BCUT2D eigenvalue weighted by molar-refractivity contribution is -0.116. The minimum Gasteiger partial charge on any atom is -0.369 e. The fraction of sp³-hybridized carbons (Fsp3) is 0.583. The molecule has 5 heteroatoms. The van der Waals surface area contributed by atoms with Crippen LogP contribution >= 0.6 is 0 Å². The number of ketones is 1. The van der Waals surface area contributed by atoms with Gasteiger partial charge in [0, 0.05) is 32.1 Å². The molecular weight excluding hydrogens is 216 g/mol. The van der Waals surface area contributed by atoms with E-state index < -0.39 is 0 Å². The summed E-state index contributed by atoms with van der Waals surface area (Å²) in [5.41, 5.74) is 0. The van der Waals surface area contributed by atoms with E-state index in [9.17, 15) is 4.79 Å². The Morgan fingerprint density at radius 2 is 2.06 bits per heavy atom. The van der Waals surface area contributed by atoms with Gasteiger partial charge in [0.1, 0.15) is 23.7 Å². The van der Waals surface area contributed by atoms with Crippen LogP contribution in [-0.4, -0.2) is 35.4 Å². The van der Waals surface area contributed by atoms with Crippen LogP contribution < -0.4 is 10.2 Å². The molecule has 0 unspecified atom stereocenters. The molecular formula is C12H20N4O. The van der Waals surface area contributed by atoms with E-state index in [-0.39, 0.29) is 5.78 Å². The maximum absolute atomic E-state index is 10.8. The van der Waals surface area contributed by atoms with Crippen molar-refractivity contribution < 1.29 is 4.79 Å². The Morgan fingerprint density at radius 1 is 1.35 bits per heavy atom. The highest BCUT2D eigenvalue weighted by molar-refractivity contribution is 5.75. The Kier molecular flexibility index (Phi) is 5.39. The van der Waals surface area contributed by atoms with Crippen molar-refractivity contribution in [3.05, 3.63) is 12.4 Å². The molecule has 0 spiro atoms. The zero-order chi connectivity index (χ0) is 12.7. The lowest BCUT2D eigenvalue weighted by Gasteiger charge is -2.19. The highest BCUT2D eigenvalue weighted by Gasteiger charge is 2.04. The molecule has 0 saturated carbocycles. The summed E-state index contributed by atoms with van der Waals surface area (Å²) >= 11 is 0. The molecule has 5 nitrogen and oxygen atoms in total. The van der Waals surface area contributed by atoms with Crippen LogP contribution in [0.1, 0.15) is 27.2 Å². The van der Waals surface area contributed by atoms with Crippen molar-refractivity contribution in [3.8, 4) is 0 Å². The molecule has 1 heterocycles. The highest BCUT2D eigenvalue weighted by Crippen LogP contribution is 2.13. The van der Waals surface area contributed by atoms with Gasteiger partial charge >= 0.3 is 0 Å². The van der Waals surface area contributed by atoms with Crippen molar-refractivity contribution in [1.82, 2.24) is 9.97 Å². The van der Waals surface area contributed by atoms with Gasteiger partial charge in [-0.2, -0.15) is 0 Å². The molecule has 0 radical (unpaired) electrons. The van der Waals surface area contributed by atoms with Gasteiger partial charge in [0.2, 0.25) is 0 Å². The van der Waals surface area contributed by atoms with Crippen molar-refractivity contribution >= 4 is 17.4 Å². The maximum Gasteiger partial charge on any atom is 0.134 e. The Balaban J connectivity index is 2.62.